The molecule has 1 aromatic carbocycles. The van der Waals surface area contributed by atoms with Crippen LogP contribution < -0.4 is 5.73 Å². The van der Waals surface area contributed by atoms with E-state index in [0.29, 0.717) is 19.1 Å². The Labute approximate surface area is 102 Å². The highest BCUT2D eigenvalue weighted by molar-refractivity contribution is 5.97. The quantitative estimate of drug-likeness (QED) is 0.605. The van der Waals surface area contributed by atoms with Gasteiger partial charge in [0.05, 0.1) is 6.61 Å². The fourth-order valence-electron chi connectivity index (χ4n) is 2.01. The van der Waals surface area contributed by atoms with Crippen LogP contribution >= 0.6 is 0 Å². The number of carbonyl (C=O) groups excluding carboxylic acids is 1. The second-order valence-electron chi connectivity index (χ2n) is 4.51. The molecule has 1 fully saturated rings. The average molecular weight is 233 g/mol. The lowest BCUT2D eigenvalue weighted by molar-refractivity contribution is 0.0774. The molecule has 3 heteroatoms. The lowest BCUT2D eigenvalue weighted by Crippen LogP contribution is -2.15. The highest BCUT2D eigenvalue weighted by Crippen LogP contribution is 2.36. The van der Waals surface area contributed by atoms with Gasteiger partial charge in [-0.15, -0.1) is 0 Å². The number of hydrogen-bond donors (Lipinski definition) is 1. The number of rotatable bonds is 6. The Balaban J connectivity index is 1.90. The molecule has 0 radical (unpaired) electrons. The van der Waals surface area contributed by atoms with Gasteiger partial charge in [0.2, 0.25) is 0 Å². The van der Waals surface area contributed by atoms with E-state index < -0.39 is 0 Å². The molecule has 2 N–H and O–H groups in total. The number of ketones is 1. The summed E-state index contributed by atoms with van der Waals surface area (Å²) >= 11 is 0. The normalized spacial score (nSPS) is 15.6. The zero-order chi connectivity index (χ0) is 12.1. The van der Waals surface area contributed by atoms with Crippen LogP contribution in [-0.2, 0) is 4.74 Å². The van der Waals surface area contributed by atoms with Gasteiger partial charge in [-0.3, -0.25) is 4.79 Å². The number of nitrogens with two attached hydrogens (primary N) is 1. The van der Waals surface area contributed by atoms with Crippen LogP contribution in [0.25, 0.3) is 0 Å². The van der Waals surface area contributed by atoms with Gasteiger partial charge in [-0.2, -0.15) is 0 Å². The van der Waals surface area contributed by atoms with Gasteiger partial charge < -0.3 is 10.5 Å². The second-order valence-corrected chi connectivity index (χ2v) is 4.51. The van der Waals surface area contributed by atoms with Crippen molar-refractivity contribution in [2.24, 2.45) is 5.73 Å². The van der Waals surface area contributed by atoms with Gasteiger partial charge in [0, 0.05) is 12.1 Å². The van der Waals surface area contributed by atoms with Gasteiger partial charge in [0.25, 0.3) is 0 Å². The first-order chi connectivity index (χ1) is 8.31. The standard InChI is InChI=1S/C14H19NO2/c15-8-9-17-10-14(16)13-6-4-12(5-7-13)11-2-1-3-11/h4-7,11H,1-3,8-10,15H2. The summed E-state index contributed by atoms with van der Waals surface area (Å²) < 4.78 is 5.13. The fraction of sp³-hybridized carbons (Fsp3) is 0.500. The molecule has 1 aliphatic rings. The number of carbonyl (C=O) groups is 1. The highest BCUT2D eigenvalue weighted by Gasteiger charge is 2.19. The molecule has 0 unspecified atom stereocenters. The molecule has 3 nitrogen and oxygen atoms in total. The topological polar surface area (TPSA) is 52.3 Å². The van der Waals surface area contributed by atoms with Crippen LogP contribution in [0, 0.1) is 0 Å². The molecule has 1 saturated carbocycles. The van der Waals surface area contributed by atoms with Crippen LogP contribution in [0.1, 0.15) is 41.1 Å². The van der Waals surface area contributed by atoms with E-state index in [1.54, 1.807) is 0 Å². The first kappa shape index (κ1) is 12.3. The first-order valence-electron chi connectivity index (χ1n) is 6.22. The summed E-state index contributed by atoms with van der Waals surface area (Å²) in [7, 11) is 0. The maximum Gasteiger partial charge on any atom is 0.188 e. The molecule has 0 aliphatic heterocycles. The van der Waals surface area contributed by atoms with Crippen molar-refractivity contribution in [2.45, 2.75) is 25.2 Å². The van der Waals surface area contributed by atoms with Crippen LogP contribution in [0.5, 0.6) is 0 Å². The molecule has 0 bridgehead atoms. The number of benzene rings is 1. The zero-order valence-corrected chi connectivity index (χ0v) is 10.0. The van der Waals surface area contributed by atoms with Crippen molar-refractivity contribution in [3.63, 3.8) is 0 Å². The minimum atomic E-state index is 0.0265. The Morgan fingerprint density at radius 3 is 2.53 bits per heavy atom. The third-order valence-corrected chi connectivity index (χ3v) is 3.30. The van der Waals surface area contributed by atoms with Gasteiger partial charge in [0.15, 0.2) is 5.78 Å². The van der Waals surface area contributed by atoms with Gasteiger partial charge in [-0.1, -0.05) is 30.7 Å². The van der Waals surface area contributed by atoms with Gasteiger partial charge in [-0.25, -0.2) is 0 Å². The lowest BCUT2D eigenvalue weighted by atomic mass is 9.80. The lowest BCUT2D eigenvalue weighted by Gasteiger charge is -2.25. The molecule has 92 valence electrons. The Bertz CT molecular complexity index is 368. The second kappa shape index (κ2) is 5.94. The summed E-state index contributed by atoms with van der Waals surface area (Å²) in [6, 6.07) is 7.95. The van der Waals surface area contributed by atoms with Crippen molar-refractivity contribution in [3.05, 3.63) is 35.4 Å². The largest absolute Gasteiger partial charge is 0.372 e. The molecule has 0 aromatic heterocycles. The monoisotopic (exact) mass is 233 g/mol. The Hall–Kier alpha value is -1.19. The van der Waals surface area contributed by atoms with Crippen molar-refractivity contribution >= 4 is 5.78 Å². The van der Waals surface area contributed by atoms with E-state index in [-0.39, 0.29) is 12.4 Å². The van der Waals surface area contributed by atoms with E-state index in [2.05, 4.69) is 12.1 Å². The van der Waals surface area contributed by atoms with Crippen molar-refractivity contribution in [1.29, 1.82) is 0 Å². The summed E-state index contributed by atoms with van der Waals surface area (Å²) in [4.78, 5) is 11.7. The fourth-order valence-corrected chi connectivity index (χ4v) is 2.01. The maximum absolute atomic E-state index is 11.7. The number of Topliss-reactive ketones (excluding diaryl/α,β-unsaturated/α-hetero) is 1. The van der Waals surface area contributed by atoms with Crippen LogP contribution in [0.4, 0.5) is 0 Å². The molecule has 0 amide bonds. The third kappa shape index (κ3) is 3.14. The summed E-state index contributed by atoms with van der Waals surface area (Å²) in [6.45, 7) is 1.01. The van der Waals surface area contributed by atoms with E-state index in [1.807, 2.05) is 12.1 Å². The summed E-state index contributed by atoms with van der Waals surface area (Å²) in [5.41, 5.74) is 7.38. The van der Waals surface area contributed by atoms with Crippen molar-refractivity contribution in [3.8, 4) is 0 Å². The molecular weight excluding hydrogens is 214 g/mol. The predicted octanol–water partition coefficient (Wildman–Crippen LogP) is 2.11. The van der Waals surface area contributed by atoms with Crippen LogP contribution in [-0.4, -0.2) is 25.5 Å². The third-order valence-electron chi connectivity index (χ3n) is 3.30. The SMILES string of the molecule is NCCOCC(=O)c1ccc(C2CCC2)cc1. The van der Waals surface area contributed by atoms with Gasteiger partial charge in [-0.05, 0) is 24.3 Å². The van der Waals surface area contributed by atoms with Crippen LogP contribution in [0.3, 0.4) is 0 Å². The molecule has 17 heavy (non-hydrogen) atoms. The zero-order valence-electron chi connectivity index (χ0n) is 10.0. The number of ether oxygens (including phenoxy) is 1. The molecule has 1 aromatic rings. The summed E-state index contributed by atoms with van der Waals surface area (Å²) in [5, 5.41) is 0. The van der Waals surface area contributed by atoms with Crippen molar-refractivity contribution < 1.29 is 9.53 Å². The van der Waals surface area contributed by atoms with Crippen molar-refractivity contribution in [1.82, 2.24) is 0 Å². The molecule has 2 rings (SSSR count). The van der Waals surface area contributed by atoms with E-state index in [9.17, 15) is 4.79 Å². The first-order valence-corrected chi connectivity index (χ1v) is 6.22. The molecular formula is C14H19NO2. The highest BCUT2D eigenvalue weighted by atomic mass is 16.5. The molecule has 0 heterocycles. The Morgan fingerprint density at radius 2 is 2.00 bits per heavy atom. The van der Waals surface area contributed by atoms with Crippen LogP contribution in [0.2, 0.25) is 0 Å². The smallest absolute Gasteiger partial charge is 0.188 e. The van der Waals surface area contributed by atoms with E-state index >= 15 is 0 Å². The van der Waals surface area contributed by atoms with Crippen molar-refractivity contribution in [2.75, 3.05) is 19.8 Å². The summed E-state index contributed by atoms with van der Waals surface area (Å²) in [6.07, 6.45) is 3.90. The molecule has 0 spiro atoms. The minimum Gasteiger partial charge on any atom is -0.372 e. The summed E-state index contributed by atoms with van der Waals surface area (Å²) in [5.74, 6) is 0.742. The van der Waals surface area contributed by atoms with Gasteiger partial charge in [0.1, 0.15) is 6.61 Å². The molecule has 1 aliphatic carbocycles. The Morgan fingerprint density at radius 1 is 1.29 bits per heavy atom. The number of hydrogen-bond acceptors (Lipinski definition) is 3. The maximum atomic E-state index is 11.7. The average Bonchev–Trinajstić information content (AvgIpc) is 2.28. The van der Waals surface area contributed by atoms with Crippen LogP contribution in [0.15, 0.2) is 24.3 Å². The minimum absolute atomic E-state index is 0.0265. The van der Waals surface area contributed by atoms with E-state index in [0.717, 1.165) is 5.56 Å². The van der Waals surface area contributed by atoms with E-state index in [1.165, 1.54) is 24.8 Å². The molecule has 0 saturated heterocycles. The predicted molar refractivity (Wildman–Crippen MR) is 67.2 cm³/mol. The molecule has 0 atom stereocenters. The van der Waals surface area contributed by atoms with E-state index in [4.69, 9.17) is 10.5 Å². The Kier molecular flexibility index (Phi) is 4.29. The van der Waals surface area contributed by atoms with Gasteiger partial charge >= 0.3 is 0 Å².